The predicted molar refractivity (Wildman–Crippen MR) is 128 cm³/mol. The summed E-state index contributed by atoms with van der Waals surface area (Å²) >= 11 is 1.68. The van der Waals surface area contributed by atoms with Gasteiger partial charge in [0.25, 0.3) is 5.56 Å². The number of aromatic nitrogens is 4. The van der Waals surface area contributed by atoms with E-state index < -0.39 is 11.2 Å². The fourth-order valence-corrected chi connectivity index (χ4v) is 4.50. The molecule has 0 bridgehead atoms. The van der Waals surface area contributed by atoms with Crippen LogP contribution in [0.3, 0.4) is 0 Å². The lowest BCUT2D eigenvalue weighted by atomic mass is 10.2. The topological polar surface area (TPSA) is 102 Å². The summed E-state index contributed by atoms with van der Waals surface area (Å²) < 4.78 is 3.46. The molecule has 174 valence electrons. The van der Waals surface area contributed by atoms with Gasteiger partial charge in [-0.25, -0.2) is 9.78 Å². The van der Waals surface area contributed by atoms with Crippen LogP contribution in [0, 0.1) is 0 Å². The molecule has 8 nitrogen and oxygen atoms in total. The molecule has 1 amide bonds. The minimum atomic E-state index is -0.424. The summed E-state index contributed by atoms with van der Waals surface area (Å²) in [5.41, 5.74) is 0.0298. The number of nitrogens with zero attached hydrogens (tertiary/aromatic N) is 3. The summed E-state index contributed by atoms with van der Waals surface area (Å²) in [5, 5.41) is 4.99. The molecule has 0 aliphatic heterocycles. The van der Waals surface area contributed by atoms with Crippen molar-refractivity contribution in [3.63, 3.8) is 0 Å². The fraction of sp³-hybridized carbons (Fsp3) is 0.565. The van der Waals surface area contributed by atoms with Crippen LogP contribution in [-0.2, 0) is 30.7 Å². The Kier molecular flexibility index (Phi) is 8.84. The van der Waals surface area contributed by atoms with E-state index in [1.807, 2.05) is 16.0 Å². The van der Waals surface area contributed by atoms with Crippen molar-refractivity contribution in [3.05, 3.63) is 49.1 Å². The highest BCUT2D eigenvalue weighted by atomic mass is 32.1. The number of hydrogen-bond acceptors (Lipinski definition) is 5. The van der Waals surface area contributed by atoms with Crippen LogP contribution in [0.5, 0.6) is 0 Å². The lowest BCUT2D eigenvalue weighted by Gasteiger charge is -2.09. The Hall–Kier alpha value is -2.68. The van der Waals surface area contributed by atoms with Crippen molar-refractivity contribution in [3.8, 4) is 0 Å². The molecule has 0 spiro atoms. The third-order valence-corrected chi connectivity index (χ3v) is 6.47. The number of thiophene rings is 1. The zero-order valence-corrected chi connectivity index (χ0v) is 19.8. The van der Waals surface area contributed by atoms with E-state index in [0.29, 0.717) is 49.5 Å². The minimum absolute atomic E-state index is 0.0361. The van der Waals surface area contributed by atoms with E-state index in [9.17, 15) is 14.4 Å². The summed E-state index contributed by atoms with van der Waals surface area (Å²) in [6.45, 7) is 5.94. The molecule has 0 aliphatic carbocycles. The molecule has 3 aromatic heterocycles. The van der Waals surface area contributed by atoms with Crippen LogP contribution in [0.15, 0.2) is 27.1 Å². The monoisotopic (exact) mass is 459 g/mol. The number of aromatic amines is 1. The lowest BCUT2D eigenvalue weighted by molar-refractivity contribution is -0.121. The highest BCUT2D eigenvalue weighted by Crippen LogP contribution is 2.15. The average molecular weight is 460 g/mol. The number of unbranched alkanes of at least 4 members (excludes halogenated alkanes) is 3. The maximum Gasteiger partial charge on any atom is 0.330 e. The van der Waals surface area contributed by atoms with Gasteiger partial charge < -0.3 is 9.88 Å². The van der Waals surface area contributed by atoms with Crippen LogP contribution in [0.25, 0.3) is 11.2 Å². The van der Waals surface area contributed by atoms with E-state index in [0.717, 1.165) is 38.5 Å². The van der Waals surface area contributed by atoms with E-state index in [1.54, 1.807) is 15.9 Å². The van der Waals surface area contributed by atoms with Gasteiger partial charge in [0, 0.05) is 37.4 Å². The molecule has 2 N–H and O–H groups in total. The Labute approximate surface area is 191 Å². The molecule has 3 heterocycles. The molecule has 0 unspecified atom stereocenters. The van der Waals surface area contributed by atoms with E-state index in [4.69, 9.17) is 0 Å². The summed E-state index contributed by atoms with van der Waals surface area (Å²) in [4.78, 5) is 45.9. The number of nitrogens with one attached hydrogen (secondary N) is 2. The standard InChI is InChI=1S/C23H33N5O3S/c1-3-5-7-15-27-18(10-11-19(29)24-13-12-17-9-8-16-32-17)25-21-20(27)22(30)26-23(31)28(21)14-6-4-2/h8-9,16H,3-7,10-15H2,1-2H3,(H,24,29)(H,26,30,31). The number of fused-ring (bicyclic) bond motifs is 1. The van der Waals surface area contributed by atoms with E-state index >= 15 is 0 Å². The summed E-state index contributed by atoms with van der Waals surface area (Å²) in [6, 6.07) is 4.07. The maximum atomic E-state index is 12.7. The normalized spacial score (nSPS) is 11.3. The smallest absolute Gasteiger partial charge is 0.330 e. The average Bonchev–Trinajstić information content (AvgIpc) is 3.41. The van der Waals surface area contributed by atoms with Gasteiger partial charge in [0.2, 0.25) is 5.91 Å². The Balaban J connectivity index is 1.79. The molecule has 32 heavy (non-hydrogen) atoms. The van der Waals surface area contributed by atoms with E-state index in [1.165, 1.54) is 4.88 Å². The number of aryl methyl sites for hydroxylation is 3. The second-order valence-corrected chi connectivity index (χ2v) is 9.04. The second kappa shape index (κ2) is 11.8. The number of imidazole rings is 1. The van der Waals surface area contributed by atoms with Crippen molar-refractivity contribution < 1.29 is 4.79 Å². The van der Waals surface area contributed by atoms with Crippen LogP contribution in [0.1, 0.15) is 63.1 Å². The van der Waals surface area contributed by atoms with Crippen molar-refractivity contribution >= 4 is 28.4 Å². The Morgan fingerprint density at radius 2 is 1.88 bits per heavy atom. The molecule has 0 aromatic carbocycles. The quantitative estimate of drug-likeness (QED) is 0.383. The molecular formula is C23H33N5O3S. The Morgan fingerprint density at radius 3 is 2.59 bits per heavy atom. The molecule has 3 aromatic rings. The third-order valence-electron chi connectivity index (χ3n) is 5.53. The Morgan fingerprint density at radius 1 is 1.09 bits per heavy atom. The SMILES string of the molecule is CCCCCn1c(CCC(=O)NCCc2cccs2)nc2c1c(=O)[nH]c(=O)n2CCCC. The first-order valence-corrected chi connectivity index (χ1v) is 12.4. The van der Waals surface area contributed by atoms with E-state index in [-0.39, 0.29) is 5.91 Å². The van der Waals surface area contributed by atoms with Crippen molar-refractivity contribution in [2.45, 2.75) is 78.3 Å². The summed E-state index contributed by atoms with van der Waals surface area (Å²) in [6.07, 6.45) is 6.30. The highest BCUT2D eigenvalue weighted by molar-refractivity contribution is 7.09. The molecule has 0 aliphatic rings. The van der Waals surface area contributed by atoms with Crippen LogP contribution >= 0.6 is 11.3 Å². The number of H-pyrrole nitrogens is 1. The van der Waals surface area contributed by atoms with Gasteiger partial charge in [0.15, 0.2) is 11.2 Å². The van der Waals surface area contributed by atoms with Crippen LogP contribution in [-0.4, -0.2) is 31.6 Å². The molecule has 0 saturated carbocycles. The number of carbonyl (C=O) groups is 1. The van der Waals surface area contributed by atoms with Gasteiger partial charge in [-0.05, 0) is 30.7 Å². The molecule has 3 rings (SSSR count). The van der Waals surface area contributed by atoms with Crippen LogP contribution in [0.4, 0.5) is 0 Å². The molecule has 9 heteroatoms. The molecule has 0 radical (unpaired) electrons. The fourth-order valence-electron chi connectivity index (χ4n) is 3.79. The van der Waals surface area contributed by atoms with Gasteiger partial charge in [0.1, 0.15) is 5.82 Å². The molecular weight excluding hydrogens is 426 g/mol. The zero-order valence-electron chi connectivity index (χ0n) is 19.0. The van der Waals surface area contributed by atoms with Gasteiger partial charge >= 0.3 is 5.69 Å². The summed E-state index contributed by atoms with van der Waals surface area (Å²) in [7, 11) is 0. The number of hydrogen-bond donors (Lipinski definition) is 2. The van der Waals surface area contributed by atoms with Gasteiger partial charge in [0.05, 0.1) is 0 Å². The first-order chi connectivity index (χ1) is 15.5. The number of carbonyl (C=O) groups excluding carboxylic acids is 1. The third kappa shape index (κ3) is 5.97. The van der Waals surface area contributed by atoms with Crippen LogP contribution in [0.2, 0.25) is 0 Å². The van der Waals surface area contributed by atoms with Crippen molar-refractivity contribution in [1.82, 2.24) is 24.4 Å². The Bertz CT molecular complexity index is 1130. The lowest BCUT2D eigenvalue weighted by Crippen LogP contribution is -2.31. The van der Waals surface area contributed by atoms with Crippen molar-refractivity contribution in [2.75, 3.05) is 6.54 Å². The van der Waals surface area contributed by atoms with Crippen LogP contribution < -0.4 is 16.6 Å². The molecule has 0 saturated heterocycles. The zero-order chi connectivity index (χ0) is 22.9. The van der Waals surface area contributed by atoms with Crippen molar-refractivity contribution in [1.29, 1.82) is 0 Å². The number of amides is 1. The maximum absolute atomic E-state index is 12.7. The highest BCUT2D eigenvalue weighted by Gasteiger charge is 2.19. The first-order valence-electron chi connectivity index (χ1n) is 11.6. The van der Waals surface area contributed by atoms with Crippen molar-refractivity contribution in [2.24, 2.45) is 0 Å². The van der Waals surface area contributed by atoms with E-state index in [2.05, 4.69) is 35.2 Å². The molecule has 0 fully saturated rings. The first kappa shape index (κ1) is 24.0. The molecule has 0 atom stereocenters. The van der Waals surface area contributed by atoms with Gasteiger partial charge in [-0.2, -0.15) is 0 Å². The summed E-state index contributed by atoms with van der Waals surface area (Å²) in [5.74, 6) is 0.650. The van der Waals surface area contributed by atoms with Gasteiger partial charge in [-0.1, -0.05) is 39.2 Å². The van der Waals surface area contributed by atoms with Gasteiger partial charge in [-0.15, -0.1) is 11.3 Å². The second-order valence-electron chi connectivity index (χ2n) is 8.00. The largest absolute Gasteiger partial charge is 0.356 e. The van der Waals surface area contributed by atoms with Gasteiger partial charge in [-0.3, -0.25) is 19.1 Å². The minimum Gasteiger partial charge on any atom is -0.356 e. The number of rotatable bonds is 13. The predicted octanol–water partition coefficient (Wildman–Crippen LogP) is 3.23.